The van der Waals surface area contributed by atoms with E-state index in [0.29, 0.717) is 21.5 Å². The van der Waals surface area contributed by atoms with E-state index in [4.69, 9.17) is 4.74 Å². The molecule has 0 bridgehead atoms. The van der Waals surface area contributed by atoms with Crippen LogP contribution < -0.4 is 10.1 Å². The number of nitrogens with one attached hydrogen (secondary N) is 1. The van der Waals surface area contributed by atoms with Gasteiger partial charge in [-0.05, 0) is 49.4 Å². The summed E-state index contributed by atoms with van der Waals surface area (Å²) >= 11 is 1.19. The maximum Gasteiger partial charge on any atom is 0.264 e. The minimum absolute atomic E-state index is 0.0464. The van der Waals surface area contributed by atoms with Gasteiger partial charge in [-0.3, -0.25) is 14.9 Å². The number of carbonyl (C=O) groups excluding carboxylic acids is 2. The molecule has 1 aromatic heterocycles. The molecule has 1 aromatic carbocycles. The van der Waals surface area contributed by atoms with E-state index in [1.807, 2.05) is 12.1 Å². The van der Waals surface area contributed by atoms with E-state index in [-0.39, 0.29) is 18.3 Å². The van der Waals surface area contributed by atoms with Crippen molar-refractivity contribution in [2.45, 2.75) is 33.1 Å². The summed E-state index contributed by atoms with van der Waals surface area (Å²) in [5.74, 6) is 0.379. The molecule has 1 aliphatic carbocycles. The van der Waals surface area contributed by atoms with E-state index < -0.39 is 0 Å². The molecule has 0 aliphatic heterocycles. The van der Waals surface area contributed by atoms with Crippen LogP contribution in [-0.2, 0) is 17.6 Å². The normalized spacial score (nSPS) is 12.8. The number of aromatic nitrogens is 1. The molecule has 0 atom stereocenters. The highest BCUT2D eigenvalue weighted by Crippen LogP contribution is 2.26. The number of amides is 1. The van der Waals surface area contributed by atoms with E-state index in [1.165, 1.54) is 35.8 Å². The topological polar surface area (TPSA) is 68.3 Å². The molecule has 2 aromatic rings. The lowest BCUT2D eigenvalue weighted by molar-refractivity contribution is -0.118. The number of carbonyl (C=O) groups is 2. The molecule has 1 aliphatic rings. The second-order valence-electron chi connectivity index (χ2n) is 5.61. The number of hydrogen-bond acceptors (Lipinski definition) is 5. The highest BCUT2D eigenvalue weighted by molar-refractivity contribution is 7.17. The quantitative estimate of drug-likeness (QED) is 0.855. The number of thiazole rings is 1. The Morgan fingerprint density at radius 1 is 1.30 bits per heavy atom. The molecule has 5 nitrogen and oxygen atoms in total. The smallest absolute Gasteiger partial charge is 0.264 e. The van der Waals surface area contributed by atoms with Crippen molar-refractivity contribution in [3.05, 3.63) is 39.9 Å². The Kier molecular flexibility index (Phi) is 4.43. The van der Waals surface area contributed by atoms with Gasteiger partial charge in [0.05, 0.1) is 10.6 Å². The average Bonchev–Trinajstić information content (AvgIpc) is 3.10. The van der Waals surface area contributed by atoms with Crippen LogP contribution in [0.3, 0.4) is 0 Å². The van der Waals surface area contributed by atoms with Crippen molar-refractivity contribution >= 4 is 28.2 Å². The van der Waals surface area contributed by atoms with Crippen LogP contribution in [0.5, 0.6) is 5.75 Å². The fourth-order valence-corrected chi connectivity index (χ4v) is 3.60. The zero-order chi connectivity index (χ0) is 16.4. The highest BCUT2D eigenvalue weighted by atomic mass is 32.1. The number of aryl methyl sites for hydroxylation is 3. The molecular weight excluding hydrogens is 312 g/mol. The molecule has 23 heavy (non-hydrogen) atoms. The van der Waals surface area contributed by atoms with E-state index in [2.05, 4.69) is 16.4 Å². The molecule has 1 N–H and O–H groups in total. The van der Waals surface area contributed by atoms with E-state index >= 15 is 0 Å². The minimum Gasteiger partial charge on any atom is -0.484 e. The lowest BCUT2D eigenvalue weighted by atomic mass is 10.1. The molecule has 0 unspecified atom stereocenters. The summed E-state index contributed by atoms with van der Waals surface area (Å²) in [6.07, 6.45) is 3.38. The Hall–Kier alpha value is -2.21. The van der Waals surface area contributed by atoms with Crippen LogP contribution in [0, 0.1) is 6.92 Å². The molecule has 6 heteroatoms. The third kappa shape index (κ3) is 3.59. The lowest BCUT2D eigenvalue weighted by Gasteiger charge is -2.07. The molecule has 1 amide bonds. The van der Waals surface area contributed by atoms with Gasteiger partial charge in [-0.15, -0.1) is 0 Å². The average molecular weight is 330 g/mol. The zero-order valence-electron chi connectivity index (χ0n) is 13.1. The molecule has 120 valence electrons. The van der Waals surface area contributed by atoms with Gasteiger partial charge in [0.25, 0.3) is 5.91 Å². The van der Waals surface area contributed by atoms with Gasteiger partial charge in [-0.25, -0.2) is 4.98 Å². The molecular formula is C17H18N2O3S. The maximum absolute atomic E-state index is 12.0. The van der Waals surface area contributed by atoms with Crippen LogP contribution in [0.2, 0.25) is 0 Å². The summed E-state index contributed by atoms with van der Waals surface area (Å²) in [6.45, 7) is 3.17. The van der Waals surface area contributed by atoms with Crippen molar-refractivity contribution in [3.8, 4) is 5.75 Å². The summed E-state index contributed by atoms with van der Waals surface area (Å²) in [5.41, 5.74) is 3.32. The Labute approximate surface area is 138 Å². The van der Waals surface area contributed by atoms with Crippen molar-refractivity contribution in [2.24, 2.45) is 0 Å². The Morgan fingerprint density at radius 2 is 2.09 bits per heavy atom. The summed E-state index contributed by atoms with van der Waals surface area (Å²) in [7, 11) is 0. The predicted octanol–water partition coefficient (Wildman–Crippen LogP) is 3.16. The maximum atomic E-state index is 12.0. The van der Waals surface area contributed by atoms with Crippen molar-refractivity contribution in [1.29, 1.82) is 0 Å². The first kappa shape index (κ1) is 15.7. The monoisotopic (exact) mass is 330 g/mol. The zero-order valence-corrected chi connectivity index (χ0v) is 14.0. The van der Waals surface area contributed by atoms with Gasteiger partial charge in [0.1, 0.15) is 5.75 Å². The number of benzene rings is 1. The minimum atomic E-state index is -0.283. The summed E-state index contributed by atoms with van der Waals surface area (Å²) in [5, 5.41) is 3.10. The van der Waals surface area contributed by atoms with E-state index in [0.717, 1.165) is 12.8 Å². The largest absolute Gasteiger partial charge is 0.484 e. The number of nitrogens with zero attached hydrogens (tertiary/aromatic N) is 1. The Morgan fingerprint density at radius 3 is 2.83 bits per heavy atom. The van der Waals surface area contributed by atoms with Crippen LogP contribution in [0.4, 0.5) is 5.13 Å². The van der Waals surface area contributed by atoms with Gasteiger partial charge in [0.2, 0.25) is 0 Å². The molecule has 0 saturated carbocycles. The van der Waals surface area contributed by atoms with E-state index in [9.17, 15) is 9.59 Å². The van der Waals surface area contributed by atoms with Gasteiger partial charge in [0.15, 0.2) is 17.5 Å². The highest BCUT2D eigenvalue weighted by Gasteiger charge is 2.14. The predicted molar refractivity (Wildman–Crippen MR) is 89.4 cm³/mol. The standard InChI is InChI=1S/C17H18N2O3S/c1-10-16(11(2)20)23-17(18-10)19-15(21)9-22-14-7-6-12-4-3-5-13(12)8-14/h6-8H,3-5,9H2,1-2H3,(H,18,19,21). The van der Waals surface area contributed by atoms with E-state index in [1.54, 1.807) is 6.92 Å². The van der Waals surface area contributed by atoms with Crippen LogP contribution in [-0.4, -0.2) is 23.3 Å². The molecule has 0 fully saturated rings. The molecule has 0 spiro atoms. The second kappa shape index (κ2) is 6.50. The van der Waals surface area contributed by atoms with Crippen molar-refractivity contribution < 1.29 is 14.3 Å². The van der Waals surface area contributed by atoms with Gasteiger partial charge in [-0.1, -0.05) is 17.4 Å². The number of ether oxygens (including phenoxy) is 1. The first-order valence-electron chi connectivity index (χ1n) is 7.56. The third-order valence-electron chi connectivity index (χ3n) is 3.80. The summed E-state index contributed by atoms with van der Waals surface area (Å²) < 4.78 is 5.55. The summed E-state index contributed by atoms with van der Waals surface area (Å²) in [6, 6.07) is 5.98. The van der Waals surface area contributed by atoms with Crippen molar-refractivity contribution in [2.75, 3.05) is 11.9 Å². The SMILES string of the molecule is CC(=O)c1sc(NC(=O)COc2ccc3c(c2)CCC3)nc1C. The fraction of sp³-hybridized carbons (Fsp3) is 0.353. The van der Waals surface area contributed by atoms with Crippen molar-refractivity contribution in [3.63, 3.8) is 0 Å². The number of hydrogen-bond donors (Lipinski definition) is 1. The van der Waals surface area contributed by atoms with Crippen LogP contribution in [0.25, 0.3) is 0 Å². The molecule has 1 heterocycles. The number of fused-ring (bicyclic) bond motifs is 1. The van der Waals surface area contributed by atoms with Gasteiger partial charge < -0.3 is 4.74 Å². The first-order chi connectivity index (χ1) is 11.0. The number of rotatable bonds is 5. The van der Waals surface area contributed by atoms with Gasteiger partial charge >= 0.3 is 0 Å². The number of anilines is 1. The Balaban J connectivity index is 1.57. The third-order valence-corrected chi connectivity index (χ3v) is 4.98. The Bertz CT molecular complexity index is 767. The summed E-state index contributed by atoms with van der Waals surface area (Å²) in [4.78, 5) is 28.1. The van der Waals surface area contributed by atoms with Crippen molar-refractivity contribution in [1.82, 2.24) is 4.98 Å². The van der Waals surface area contributed by atoms with Crippen LogP contribution in [0.1, 0.15) is 39.8 Å². The van der Waals surface area contributed by atoms with Gasteiger partial charge in [0, 0.05) is 6.92 Å². The van der Waals surface area contributed by atoms with Crippen LogP contribution >= 0.6 is 11.3 Å². The fourth-order valence-electron chi connectivity index (χ4n) is 2.72. The molecule has 0 saturated heterocycles. The van der Waals surface area contributed by atoms with Crippen LogP contribution in [0.15, 0.2) is 18.2 Å². The number of Topliss-reactive ketones (excluding diaryl/α,β-unsaturated/α-hetero) is 1. The molecule has 3 rings (SSSR count). The molecule has 0 radical (unpaired) electrons. The van der Waals surface area contributed by atoms with Gasteiger partial charge in [-0.2, -0.15) is 0 Å². The number of ketones is 1. The first-order valence-corrected chi connectivity index (χ1v) is 8.37. The lowest BCUT2D eigenvalue weighted by Crippen LogP contribution is -2.20. The second-order valence-corrected chi connectivity index (χ2v) is 6.61.